The van der Waals surface area contributed by atoms with Gasteiger partial charge in [-0.15, -0.1) is 0 Å². The predicted octanol–water partition coefficient (Wildman–Crippen LogP) is 2.18. The van der Waals surface area contributed by atoms with Gasteiger partial charge in [-0.25, -0.2) is 0 Å². The summed E-state index contributed by atoms with van der Waals surface area (Å²) in [5.41, 5.74) is 0. The monoisotopic (exact) mass is 199 g/mol. The first-order valence-corrected chi connectivity index (χ1v) is 5.88. The molecule has 1 saturated carbocycles. The first kappa shape index (κ1) is 10.9. The second-order valence-electron chi connectivity index (χ2n) is 3.66. The number of nitriles is 1. The average Bonchev–Trinajstić information content (AvgIpc) is 2.52. The van der Waals surface area contributed by atoms with Crippen molar-refractivity contribution in [1.29, 1.82) is 5.26 Å². The minimum Gasteiger partial charge on any atom is -0.396 e. The number of rotatable bonds is 4. The van der Waals surface area contributed by atoms with Crippen molar-refractivity contribution >= 4 is 11.8 Å². The Bertz CT molecular complexity index is 190. The Labute approximate surface area is 84.3 Å². The van der Waals surface area contributed by atoms with E-state index in [1.165, 1.54) is 12.8 Å². The van der Waals surface area contributed by atoms with Crippen LogP contribution in [-0.2, 0) is 0 Å². The lowest BCUT2D eigenvalue weighted by atomic mass is 10.1. The molecule has 0 heterocycles. The van der Waals surface area contributed by atoms with Gasteiger partial charge in [0.15, 0.2) is 0 Å². The van der Waals surface area contributed by atoms with E-state index in [1.807, 2.05) is 11.8 Å². The molecule has 3 atom stereocenters. The summed E-state index contributed by atoms with van der Waals surface area (Å²) in [7, 11) is 0. The Balaban J connectivity index is 2.31. The molecule has 0 spiro atoms. The van der Waals surface area contributed by atoms with Crippen molar-refractivity contribution in [3.05, 3.63) is 0 Å². The molecular weight excluding hydrogens is 182 g/mol. The molecule has 1 N–H and O–H groups in total. The molecule has 13 heavy (non-hydrogen) atoms. The zero-order valence-electron chi connectivity index (χ0n) is 8.07. The molecule has 0 radical (unpaired) electrons. The molecule has 0 aromatic carbocycles. The summed E-state index contributed by atoms with van der Waals surface area (Å²) in [6.45, 7) is 2.39. The van der Waals surface area contributed by atoms with Crippen molar-refractivity contribution < 1.29 is 5.11 Å². The highest BCUT2D eigenvalue weighted by atomic mass is 32.2. The number of hydrogen-bond donors (Lipinski definition) is 1. The number of aliphatic hydroxyl groups is 1. The summed E-state index contributed by atoms with van der Waals surface area (Å²) >= 11 is 1.88. The van der Waals surface area contributed by atoms with E-state index in [4.69, 9.17) is 10.4 Å². The molecule has 74 valence electrons. The highest BCUT2D eigenvalue weighted by Crippen LogP contribution is 2.37. The fraction of sp³-hybridized carbons (Fsp3) is 0.900. The first-order chi connectivity index (χ1) is 6.27. The Morgan fingerprint density at radius 2 is 2.38 bits per heavy atom. The van der Waals surface area contributed by atoms with Crippen LogP contribution in [0.1, 0.15) is 32.6 Å². The van der Waals surface area contributed by atoms with Crippen LogP contribution in [0.3, 0.4) is 0 Å². The van der Waals surface area contributed by atoms with E-state index in [0.29, 0.717) is 10.5 Å². The maximum Gasteiger partial charge on any atom is 0.0667 e. The summed E-state index contributed by atoms with van der Waals surface area (Å²) in [5.74, 6) is 0.256. The molecule has 1 aliphatic rings. The van der Waals surface area contributed by atoms with Gasteiger partial charge in [-0.1, -0.05) is 13.3 Å². The normalized spacial score (nSPS) is 29.9. The molecule has 1 rings (SSSR count). The van der Waals surface area contributed by atoms with Gasteiger partial charge in [0.05, 0.1) is 12.0 Å². The van der Waals surface area contributed by atoms with Gasteiger partial charge in [0.2, 0.25) is 0 Å². The van der Waals surface area contributed by atoms with Crippen molar-refractivity contribution in [2.45, 2.75) is 43.1 Å². The Hall–Kier alpha value is -0.200. The van der Waals surface area contributed by atoms with Crippen LogP contribution in [0, 0.1) is 17.2 Å². The van der Waals surface area contributed by atoms with Crippen molar-refractivity contribution in [3.63, 3.8) is 0 Å². The van der Waals surface area contributed by atoms with E-state index in [0.717, 1.165) is 12.8 Å². The van der Waals surface area contributed by atoms with Crippen molar-refractivity contribution in [3.8, 4) is 6.07 Å². The Morgan fingerprint density at radius 1 is 1.62 bits per heavy atom. The fourth-order valence-electron chi connectivity index (χ4n) is 1.78. The van der Waals surface area contributed by atoms with Crippen LogP contribution in [0.4, 0.5) is 0 Å². The summed E-state index contributed by atoms with van der Waals surface area (Å²) in [5, 5.41) is 18.6. The van der Waals surface area contributed by atoms with E-state index < -0.39 is 0 Å². The molecule has 3 heteroatoms. The fourth-order valence-corrected chi connectivity index (χ4v) is 3.31. The van der Waals surface area contributed by atoms with E-state index in [9.17, 15) is 0 Å². The lowest BCUT2D eigenvalue weighted by Crippen LogP contribution is -2.13. The van der Waals surface area contributed by atoms with Crippen LogP contribution >= 0.6 is 11.8 Å². The summed E-state index contributed by atoms with van der Waals surface area (Å²) in [6.07, 6.45) is 4.29. The van der Waals surface area contributed by atoms with Gasteiger partial charge in [-0.3, -0.25) is 0 Å². The van der Waals surface area contributed by atoms with Crippen molar-refractivity contribution in [1.82, 2.24) is 0 Å². The molecule has 3 unspecified atom stereocenters. The van der Waals surface area contributed by atoms with E-state index >= 15 is 0 Å². The van der Waals surface area contributed by atoms with Gasteiger partial charge in [0.1, 0.15) is 0 Å². The third-order valence-corrected chi connectivity index (χ3v) is 4.18. The molecule has 0 amide bonds. The Kier molecular flexibility index (Phi) is 4.61. The zero-order valence-corrected chi connectivity index (χ0v) is 8.89. The summed E-state index contributed by atoms with van der Waals surface area (Å²) in [6, 6.07) is 2.38. The van der Waals surface area contributed by atoms with Crippen molar-refractivity contribution in [2.24, 2.45) is 5.92 Å². The highest BCUT2D eigenvalue weighted by molar-refractivity contribution is 8.00. The van der Waals surface area contributed by atoms with Crippen LogP contribution < -0.4 is 0 Å². The van der Waals surface area contributed by atoms with Gasteiger partial charge >= 0.3 is 0 Å². The molecule has 2 nitrogen and oxygen atoms in total. The third-order valence-electron chi connectivity index (χ3n) is 2.56. The minimum atomic E-state index is 0.256. The van der Waals surface area contributed by atoms with Gasteiger partial charge in [-0.2, -0.15) is 17.0 Å². The second kappa shape index (κ2) is 5.51. The molecular formula is C10H17NOS. The molecule has 0 aromatic heterocycles. The number of nitrogens with zero attached hydrogens (tertiary/aromatic N) is 1. The lowest BCUT2D eigenvalue weighted by Gasteiger charge is -2.17. The maximum absolute atomic E-state index is 8.87. The quantitative estimate of drug-likeness (QED) is 0.754. The largest absolute Gasteiger partial charge is 0.396 e. The average molecular weight is 199 g/mol. The van der Waals surface area contributed by atoms with Crippen molar-refractivity contribution in [2.75, 3.05) is 6.61 Å². The van der Waals surface area contributed by atoms with Gasteiger partial charge in [0.25, 0.3) is 0 Å². The standard InChI is InChI=1S/C10H17NOS/c1-8(5-6-12)13-10-4-2-3-9(10)7-11/h8-10,12H,2-6H2,1H3. The van der Waals surface area contributed by atoms with Crippen LogP contribution in [0.5, 0.6) is 0 Å². The molecule has 0 bridgehead atoms. The maximum atomic E-state index is 8.87. The second-order valence-corrected chi connectivity index (χ2v) is 5.35. The SMILES string of the molecule is CC(CCO)SC1CCCC1C#N. The lowest BCUT2D eigenvalue weighted by molar-refractivity contribution is 0.288. The van der Waals surface area contributed by atoms with Gasteiger partial charge < -0.3 is 5.11 Å². The molecule has 0 aromatic rings. The third kappa shape index (κ3) is 3.21. The van der Waals surface area contributed by atoms with Crippen LogP contribution in [0.2, 0.25) is 0 Å². The predicted molar refractivity (Wildman–Crippen MR) is 55.5 cm³/mol. The minimum absolute atomic E-state index is 0.256. The van der Waals surface area contributed by atoms with E-state index in [-0.39, 0.29) is 12.5 Å². The first-order valence-electron chi connectivity index (χ1n) is 4.94. The smallest absolute Gasteiger partial charge is 0.0667 e. The summed E-state index contributed by atoms with van der Waals surface area (Å²) in [4.78, 5) is 0. The molecule has 1 aliphatic carbocycles. The van der Waals surface area contributed by atoms with Crippen LogP contribution in [-0.4, -0.2) is 22.2 Å². The zero-order chi connectivity index (χ0) is 9.68. The molecule has 0 saturated heterocycles. The number of hydrogen-bond acceptors (Lipinski definition) is 3. The highest BCUT2D eigenvalue weighted by Gasteiger charge is 2.28. The van der Waals surface area contributed by atoms with Gasteiger partial charge in [0, 0.05) is 17.1 Å². The van der Waals surface area contributed by atoms with Crippen LogP contribution in [0.25, 0.3) is 0 Å². The van der Waals surface area contributed by atoms with E-state index in [2.05, 4.69) is 13.0 Å². The molecule has 1 fully saturated rings. The topological polar surface area (TPSA) is 44.0 Å². The number of aliphatic hydroxyl groups excluding tert-OH is 1. The summed E-state index contributed by atoms with van der Waals surface area (Å²) < 4.78 is 0. The molecule has 0 aliphatic heterocycles. The number of thioether (sulfide) groups is 1. The van der Waals surface area contributed by atoms with Gasteiger partial charge in [-0.05, 0) is 19.3 Å². The van der Waals surface area contributed by atoms with Crippen LogP contribution in [0.15, 0.2) is 0 Å². The van der Waals surface area contributed by atoms with E-state index in [1.54, 1.807) is 0 Å². The Morgan fingerprint density at radius 3 is 3.00 bits per heavy atom.